The van der Waals surface area contributed by atoms with Crippen LogP contribution in [0.15, 0.2) is 66.9 Å². The highest BCUT2D eigenvalue weighted by Gasteiger charge is 2.11. The molecule has 1 amide bonds. The van der Waals surface area contributed by atoms with Gasteiger partial charge in [-0.3, -0.25) is 14.9 Å². The number of nitrogens with zero attached hydrogens (tertiary/aromatic N) is 2. The van der Waals surface area contributed by atoms with Crippen molar-refractivity contribution in [3.05, 3.63) is 83.8 Å². The van der Waals surface area contributed by atoms with E-state index in [0.29, 0.717) is 12.1 Å². The number of para-hydroxylation sites is 1. The highest BCUT2D eigenvalue weighted by molar-refractivity contribution is 6.00. The number of nitrogens with one attached hydrogen (secondary N) is 3. The molecule has 31 heavy (non-hydrogen) atoms. The molecule has 3 N–H and O–H groups in total. The molecule has 0 aliphatic heterocycles. The lowest BCUT2D eigenvalue weighted by Crippen LogP contribution is -2.25. The summed E-state index contributed by atoms with van der Waals surface area (Å²) in [5.41, 5.74) is 4.92. The summed E-state index contributed by atoms with van der Waals surface area (Å²) >= 11 is 0. The lowest BCUT2D eigenvalue weighted by molar-refractivity contribution is 0.0954. The molecule has 0 bridgehead atoms. The van der Waals surface area contributed by atoms with Crippen molar-refractivity contribution < 1.29 is 4.79 Å². The molecule has 0 aliphatic rings. The fraction of sp³-hybridized carbons (Fsp3) is 0.160. The molecule has 2 heterocycles. The summed E-state index contributed by atoms with van der Waals surface area (Å²) in [7, 11) is 0. The first kappa shape index (κ1) is 20.3. The third-order valence-electron chi connectivity index (χ3n) is 4.96. The van der Waals surface area contributed by atoms with Crippen LogP contribution in [0.2, 0.25) is 0 Å². The van der Waals surface area contributed by atoms with Crippen LogP contribution in [0.3, 0.4) is 0 Å². The number of fused-ring (bicyclic) bond motifs is 1. The van der Waals surface area contributed by atoms with Crippen molar-refractivity contribution in [1.29, 1.82) is 0 Å². The largest absolute Gasteiger partial charge is 0.355 e. The maximum Gasteiger partial charge on any atom is 0.253 e. The minimum Gasteiger partial charge on any atom is -0.355 e. The standard InChI is InChI=1S/C25H25N5O/c1-2-3-15-27-25(31)21-9-4-5-10-22(21)28-19-11-13-20-23(29-30-24(20)17-19)14-12-18-8-6-7-16-26-18/h4-14,16-17,28H,2-3,15H2,1H3,(H,27,31)(H,29,30)/b14-12+. The Morgan fingerprint density at radius 3 is 2.77 bits per heavy atom. The van der Waals surface area contributed by atoms with Crippen molar-refractivity contribution >= 4 is 40.3 Å². The molecule has 6 nitrogen and oxygen atoms in total. The molecule has 0 spiro atoms. The summed E-state index contributed by atoms with van der Waals surface area (Å²) in [5, 5.41) is 14.9. The number of amides is 1. The molecule has 6 heteroatoms. The number of carbonyl (C=O) groups excluding carboxylic acids is 1. The Bertz CT molecular complexity index is 1200. The molecule has 2 aromatic carbocycles. The third-order valence-corrected chi connectivity index (χ3v) is 4.96. The molecular formula is C25H25N5O. The van der Waals surface area contributed by atoms with Crippen LogP contribution in [0.1, 0.15) is 41.5 Å². The van der Waals surface area contributed by atoms with Crippen molar-refractivity contribution in [2.75, 3.05) is 11.9 Å². The molecule has 0 unspecified atom stereocenters. The van der Waals surface area contributed by atoms with Crippen molar-refractivity contribution in [1.82, 2.24) is 20.5 Å². The van der Waals surface area contributed by atoms with Crippen LogP contribution in [0.5, 0.6) is 0 Å². The first-order chi connectivity index (χ1) is 15.2. The van der Waals surface area contributed by atoms with Gasteiger partial charge in [-0.2, -0.15) is 5.10 Å². The predicted octanol–water partition coefficient (Wildman–Crippen LogP) is 5.40. The van der Waals surface area contributed by atoms with Crippen molar-refractivity contribution in [3.63, 3.8) is 0 Å². The Balaban J connectivity index is 1.53. The minimum absolute atomic E-state index is 0.0684. The molecule has 2 aromatic heterocycles. The molecule has 0 fully saturated rings. The van der Waals surface area contributed by atoms with Crippen molar-refractivity contribution in [2.24, 2.45) is 0 Å². The fourth-order valence-corrected chi connectivity index (χ4v) is 3.30. The monoisotopic (exact) mass is 411 g/mol. The van der Waals surface area contributed by atoms with E-state index in [4.69, 9.17) is 0 Å². The summed E-state index contributed by atoms with van der Waals surface area (Å²) in [4.78, 5) is 16.9. The van der Waals surface area contributed by atoms with Gasteiger partial charge in [0.2, 0.25) is 0 Å². The van der Waals surface area contributed by atoms with Gasteiger partial charge in [0.25, 0.3) is 5.91 Å². The maximum absolute atomic E-state index is 12.6. The quantitative estimate of drug-likeness (QED) is 0.339. The predicted molar refractivity (Wildman–Crippen MR) is 126 cm³/mol. The fourth-order valence-electron chi connectivity index (χ4n) is 3.30. The second kappa shape index (κ2) is 9.71. The number of aromatic nitrogens is 3. The van der Waals surface area contributed by atoms with E-state index in [1.54, 1.807) is 6.20 Å². The van der Waals surface area contributed by atoms with Gasteiger partial charge in [0, 0.05) is 23.8 Å². The number of anilines is 2. The number of aromatic amines is 1. The zero-order valence-electron chi connectivity index (χ0n) is 17.4. The molecule has 4 aromatic rings. The molecular weight excluding hydrogens is 386 g/mol. The maximum atomic E-state index is 12.6. The van der Waals surface area contributed by atoms with Gasteiger partial charge >= 0.3 is 0 Å². The highest BCUT2D eigenvalue weighted by atomic mass is 16.1. The van der Waals surface area contributed by atoms with E-state index in [9.17, 15) is 4.79 Å². The van der Waals surface area contributed by atoms with Crippen LogP contribution in [0.25, 0.3) is 23.1 Å². The summed E-state index contributed by atoms with van der Waals surface area (Å²) in [6.45, 7) is 2.78. The van der Waals surface area contributed by atoms with Crippen LogP contribution in [0, 0.1) is 0 Å². The zero-order valence-corrected chi connectivity index (χ0v) is 17.4. The number of rotatable bonds is 8. The van der Waals surface area contributed by atoms with E-state index in [-0.39, 0.29) is 5.91 Å². The molecule has 156 valence electrons. The van der Waals surface area contributed by atoms with Gasteiger partial charge in [0.05, 0.1) is 28.2 Å². The first-order valence-electron chi connectivity index (χ1n) is 10.5. The summed E-state index contributed by atoms with van der Waals surface area (Å²) in [6, 6.07) is 19.3. The highest BCUT2D eigenvalue weighted by Crippen LogP contribution is 2.26. The van der Waals surface area contributed by atoms with E-state index in [1.165, 1.54) is 0 Å². The van der Waals surface area contributed by atoms with Crippen molar-refractivity contribution in [3.8, 4) is 0 Å². The molecule has 0 saturated heterocycles. The Hall–Kier alpha value is -3.93. The van der Waals surface area contributed by atoms with Gasteiger partial charge in [-0.05, 0) is 61.0 Å². The van der Waals surface area contributed by atoms with Crippen LogP contribution in [-0.2, 0) is 0 Å². The average molecular weight is 412 g/mol. The molecule has 0 atom stereocenters. The number of unbranched alkanes of at least 4 members (excludes halogenated alkanes) is 1. The van der Waals surface area contributed by atoms with Crippen LogP contribution in [0.4, 0.5) is 11.4 Å². The van der Waals surface area contributed by atoms with Crippen molar-refractivity contribution in [2.45, 2.75) is 19.8 Å². The van der Waals surface area contributed by atoms with Crippen LogP contribution < -0.4 is 10.6 Å². The Morgan fingerprint density at radius 2 is 1.94 bits per heavy atom. The number of hydrogen-bond acceptors (Lipinski definition) is 4. The van der Waals surface area contributed by atoms with Gasteiger partial charge < -0.3 is 10.6 Å². The number of pyridine rings is 1. The second-order valence-corrected chi connectivity index (χ2v) is 7.24. The smallest absolute Gasteiger partial charge is 0.253 e. The molecule has 0 aliphatic carbocycles. The normalized spacial score (nSPS) is 11.1. The van der Waals surface area contributed by atoms with Crippen LogP contribution in [-0.4, -0.2) is 27.6 Å². The van der Waals surface area contributed by atoms with E-state index >= 15 is 0 Å². The summed E-state index contributed by atoms with van der Waals surface area (Å²) in [5.74, 6) is -0.0684. The number of benzene rings is 2. The molecule has 0 radical (unpaired) electrons. The zero-order chi connectivity index (χ0) is 21.5. The SMILES string of the molecule is CCCCNC(=O)c1ccccc1Nc1ccc2c(/C=C/c3ccccn3)n[nH]c2c1. The van der Waals surface area contributed by atoms with Gasteiger partial charge in [-0.1, -0.05) is 31.5 Å². The Labute approximate surface area is 181 Å². The summed E-state index contributed by atoms with van der Waals surface area (Å²) < 4.78 is 0. The Morgan fingerprint density at radius 1 is 1.06 bits per heavy atom. The van der Waals surface area contributed by atoms with E-state index in [0.717, 1.165) is 46.5 Å². The average Bonchev–Trinajstić information content (AvgIpc) is 3.21. The van der Waals surface area contributed by atoms with Gasteiger partial charge in [0.15, 0.2) is 0 Å². The molecule has 4 rings (SSSR count). The Kier molecular flexibility index (Phi) is 6.38. The van der Waals surface area contributed by atoms with E-state index < -0.39 is 0 Å². The summed E-state index contributed by atoms with van der Waals surface area (Å²) in [6.07, 6.45) is 7.67. The molecule has 0 saturated carbocycles. The van der Waals surface area contributed by atoms with E-state index in [1.807, 2.05) is 72.8 Å². The van der Waals surface area contributed by atoms with Gasteiger partial charge in [0.1, 0.15) is 0 Å². The number of hydrogen-bond donors (Lipinski definition) is 3. The minimum atomic E-state index is -0.0684. The number of H-pyrrole nitrogens is 1. The van der Waals surface area contributed by atoms with E-state index in [2.05, 4.69) is 32.7 Å². The number of carbonyl (C=O) groups is 1. The second-order valence-electron chi connectivity index (χ2n) is 7.24. The lowest BCUT2D eigenvalue weighted by Gasteiger charge is -2.12. The third kappa shape index (κ3) is 4.98. The van der Waals surface area contributed by atoms with Gasteiger partial charge in [-0.25, -0.2) is 0 Å². The van der Waals surface area contributed by atoms with Gasteiger partial charge in [-0.15, -0.1) is 0 Å². The topological polar surface area (TPSA) is 82.7 Å². The first-order valence-corrected chi connectivity index (χ1v) is 10.5. The van der Waals surface area contributed by atoms with Crippen LogP contribution >= 0.6 is 0 Å². The lowest BCUT2D eigenvalue weighted by atomic mass is 10.1.